The van der Waals surface area contributed by atoms with Crippen LogP contribution in [0, 0.1) is 0 Å². The number of hydrogen-bond donors (Lipinski definition) is 2. The number of nitrogens with one attached hydrogen (secondary N) is 1. The van der Waals surface area contributed by atoms with E-state index in [0.717, 1.165) is 18.7 Å². The summed E-state index contributed by atoms with van der Waals surface area (Å²) < 4.78 is 24.2. The topological polar surface area (TPSA) is 35.5 Å². The van der Waals surface area contributed by atoms with E-state index in [1.165, 1.54) is 18.5 Å². The molecule has 0 radical (unpaired) electrons. The van der Waals surface area contributed by atoms with Gasteiger partial charge in [-0.3, -0.25) is 0 Å². The van der Waals surface area contributed by atoms with Crippen molar-refractivity contribution in [1.29, 1.82) is 0 Å². The molecule has 19 heavy (non-hydrogen) atoms. The van der Waals surface area contributed by atoms with Gasteiger partial charge in [0.15, 0.2) is 0 Å². The predicted octanol–water partition coefficient (Wildman–Crippen LogP) is 2.00. The summed E-state index contributed by atoms with van der Waals surface area (Å²) in [4.78, 5) is 2.34. The highest BCUT2D eigenvalue weighted by atomic mass is 19.3. The Hall–Kier alpha value is -1.20. The van der Waals surface area contributed by atoms with Crippen LogP contribution >= 0.6 is 0 Å². The molecule has 1 heterocycles. The number of nitrogens with zero attached hydrogens (tertiary/aromatic N) is 1. The molecule has 1 fully saturated rings. The molecule has 1 unspecified atom stereocenters. The fraction of sp³-hybridized carbons (Fsp3) is 0.571. The van der Waals surface area contributed by atoms with Gasteiger partial charge in [-0.2, -0.15) is 0 Å². The normalized spacial score (nSPS) is 17.2. The molecule has 2 rings (SSSR count). The number of rotatable bonds is 6. The third-order valence-corrected chi connectivity index (χ3v) is 3.38. The molecule has 1 saturated heterocycles. The Kier molecular flexibility index (Phi) is 5.10. The van der Waals surface area contributed by atoms with Crippen molar-refractivity contribution >= 4 is 5.69 Å². The molecule has 5 heteroatoms. The molecule has 0 amide bonds. The van der Waals surface area contributed by atoms with Crippen LogP contribution in [0.25, 0.3) is 0 Å². The van der Waals surface area contributed by atoms with Crippen molar-refractivity contribution < 1.29 is 13.9 Å². The van der Waals surface area contributed by atoms with Crippen LogP contribution in [0.1, 0.15) is 18.4 Å². The lowest BCUT2D eigenvalue weighted by Gasteiger charge is -2.18. The van der Waals surface area contributed by atoms with Gasteiger partial charge in [-0.05, 0) is 30.5 Å². The van der Waals surface area contributed by atoms with Gasteiger partial charge in [-0.1, -0.05) is 12.1 Å². The molecule has 1 atom stereocenters. The maximum atomic E-state index is 12.1. The monoisotopic (exact) mass is 270 g/mol. The average molecular weight is 270 g/mol. The summed E-state index contributed by atoms with van der Waals surface area (Å²) in [6.07, 6.45) is -1.79. The van der Waals surface area contributed by atoms with Gasteiger partial charge in [0, 0.05) is 31.9 Å². The molecule has 0 aliphatic carbocycles. The molecule has 1 aromatic carbocycles. The number of alkyl halides is 2. The van der Waals surface area contributed by atoms with Gasteiger partial charge in [0.2, 0.25) is 0 Å². The highest BCUT2D eigenvalue weighted by Crippen LogP contribution is 2.20. The van der Waals surface area contributed by atoms with Crippen LogP contribution in [0.3, 0.4) is 0 Å². The van der Waals surface area contributed by atoms with Crippen molar-refractivity contribution in [2.75, 3.05) is 24.5 Å². The number of aliphatic hydroxyl groups excluding tert-OH is 1. The van der Waals surface area contributed by atoms with E-state index in [-0.39, 0.29) is 6.54 Å². The highest BCUT2D eigenvalue weighted by molar-refractivity contribution is 5.48. The minimum Gasteiger partial charge on any atom is -0.386 e. The van der Waals surface area contributed by atoms with Crippen LogP contribution in [0.5, 0.6) is 0 Å². The van der Waals surface area contributed by atoms with E-state index in [1.54, 1.807) is 0 Å². The molecule has 1 aromatic rings. The van der Waals surface area contributed by atoms with E-state index in [4.69, 9.17) is 5.11 Å². The first-order valence-corrected chi connectivity index (χ1v) is 6.67. The molecular weight excluding hydrogens is 250 g/mol. The molecular formula is C14H20F2N2O. The molecule has 0 saturated carbocycles. The smallest absolute Gasteiger partial charge is 0.265 e. The van der Waals surface area contributed by atoms with Gasteiger partial charge < -0.3 is 15.3 Å². The number of benzene rings is 1. The van der Waals surface area contributed by atoms with Gasteiger partial charge in [0.25, 0.3) is 6.43 Å². The van der Waals surface area contributed by atoms with Gasteiger partial charge in [0.1, 0.15) is 6.10 Å². The maximum absolute atomic E-state index is 12.1. The van der Waals surface area contributed by atoms with E-state index in [2.05, 4.69) is 22.3 Å². The van der Waals surface area contributed by atoms with E-state index < -0.39 is 12.5 Å². The predicted molar refractivity (Wildman–Crippen MR) is 71.6 cm³/mol. The highest BCUT2D eigenvalue weighted by Gasteiger charge is 2.15. The number of aliphatic hydroxyl groups is 1. The van der Waals surface area contributed by atoms with Crippen molar-refractivity contribution in [2.45, 2.75) is 31.9 Å². The van der Waals surface area contributed by atoms with Crippen molar-refractivity contribution in [1.82, 2.24) is 5.32 Å². The summed E-state index contributed by atoms with van der Waals surface area (Å²) in [5.74, 6) is 0. The average Bonchev–Trinajstić information content (AvgIpc) is 2.93. The van der Waals surface area contributed by atoms with E-state index in [1.807, 2.05) is 12.1 Å². The molecule has 1 aliphatic heterocycles. The molecule has 1 aliphatic rings. The second-order valence-corrected chi connectivity index (χ2v) is 4.89. The van der Waals surface area contributed by atoms with Crippen LogP contribution in [-0.2, 0) is 6.54 Å². The van der Waals surface area contributed by atoms with Gasteiger partial charge >= 0.3 is 0 Å². The fourth-order valence-electron chi connectivity index (χ4n) is 2.25. The number of anilines is 1. The van der Waals surface area contributed by atoms with Crippen LogP contribution in [0.2, 0.25) is 0 Å². The molecule has 0 aromatic heterocycles. The van der Waals surface area contributed by atoms with Gasteiger partial charge in [0.05, 0.1) is 0 Å². The van der Waals surface area contributed by atoms with Crippen molar-refractivity contribution in [3.8, 4) is 0 Å². The lowest BCUT2D eigenvalue weighted by molar-refractivity contribution is -0.00340. The van der Waals surface area contributed by atoms with Crippen molar-refractivity contribution in [2.24, 2.45) is 0 Å². The summed E-state index contributed by atoms with van der Waals surface area (Å²) in [7, 11) is 0. The molecule has 3 nitrogen and oxygen atoms in total. The summed E-state index contributed by atoms with van der Waals surface area (Å²) in [6, 6.07) is 8.11. The largest absolute Gasteiger partial charge is 0.386 e. The number of halogens is 2. The van der Waals surface area contributed by atoms with E-state index in [9.17, 15) is 8.78 Å². The third kappa shape index (κ3) is 4.14. The Bertz CT molecular complexity index is 378. The minimum atomic E-state index is -2.69. The summed E-state index contributed by atoms with van der Waals surface area (Å²) in [5, 5.41) is 11.8. The lowest BCUT2D eigenvalue weighted by Crippen LogP contribution is -2.31. The Balaban J connectivity index is 1.78. The number of hydrogen-bond acceptors (Lipinski definition) is 3. The first-order chi connectivity index (χ1) is 9.16. The molecule has 106 valence electrons. The van der Waals surface area contributed by atoms with E-state index >= 15 is 0 Å². The van der Waals surface area contributed by atoms with Crippen LogP contribution < -0.4 is 10.2 Å². The zero-order valence-electron chi connectivity index (χ0n) is 10.9. The Labute approximate surface area is 112 Å². The fourth-order valence-corrected chi connectivity index (χ4v) is 2.25. The first-order valence-electron chi connectivity index (χ1n) is 6.67. The Morgan fingerprint density at radius 2 is 1.79 bits per heavy atom. The first kappa shape index (κ1) is 14.2. The van der Waals surface area contributed by atoms with Crippen molar-refractivity contribution in [3.05, 3.63) is 29.8 Å². The summed E-state index contributed by atoms with van der Waals surface area (Å²) in [5.41, 5.74) is 2.25. The lowest BCUT2D eigenvalue weighted by atomic mass is 10.2. The zero-order chi connectivity index (χ0) is 13.7. The Morgan fingerprint density at radius 1 is 1.16 bits per heavy atom. The maximum Gasteiger partial charge on any atom is 0.265 e. The second kappa shape index (κ2) is 6.82. The quantitative estimate of drug-likeness (QED) is 0.830. The molecule has 0 spiro atoms. The van der Waals surface area contributed by atoms with Crippen LogP contribution in [0.15, 0.2) is 24.3 Å². The van der Waals surface area contributed by atoms with Crippen LogP contribution in [-0.4, -0.2) is 37.3 Å². The van der Waals surface area contributed by atoms with Gasteiger partial charge in [-0.25, -0.2) is 8.78 Å². The van der Waals surface area contributed by atoms with Crippen LogP contribution in [0.4, 0.5) is 14.5 Å². The zero-order valence-corrected chi connectivity index (χ0v) is 10.9. The van der Waals surface area contributed by atoms with Crippen molar-refractivity contribution in [3.63, 3.8) is 0 Å². The third-order valence-electron chi connectivity index (χ3n) is 3.38. The minimum absolute atomic E-state index is 0.0917. The SMILES string of the molecule is OC(CNCc1ccc(N2CCCC2)cc1)C(F)F. The molecule has 0 bridgehead atoms. The second-order valence-electron chi connectivity index (χ2n) is 4.89. The van der Waals surface area contributed by atoms with E-state index in [0.29, 0.717) is 6.54 Å². The summed E-state index contributed by atoms with van der Waals surface area (Å²) in [6.45, 7) is 2.62. The standard InChI is InChI=1S/C14H20F2N2O/c15-14(16)13(19)10-17-9-11-3-5-12(6-4-11)18-7-1-2-8-18/h3-6,13-14,17,19H,1-2,7-10H2. The van der Waals surface area contributed by atoms with Gasteiger partial charge in [-0.15, -0.1) is 0 Å². The molecule has 2 N–H and O–H groups in total. The summed E-state index contributed by atoms with van der Waals surface area (Å²) >= 11 is 0. The Morgan fingerprint density at radius 3 is 2.37 bits per heavy atom.